The number of aromatic nitrogens is 2. The average molecular weight is 423 g/mol. The number of rotatable bonds is 6. The molecule has 1 fully saturated rings. The Morgan fingerprint density at radius 3 is 2.55 bits per heavy atom. The molecule has 1 aliphatic rings. The standard InChI is InChI=1S/C22H25N5O4/c1-12-15-10-14(29-2)6-7-16(15)24-21(23-12)27-22-25-17(11-20(28)26-22)13-5-8-18(30-3)19(9-13)31-4/h5-10,17,22,25H,11H2,1-4H3,(H,26,28)(H,23,24,27). The van der Waals surface area contributed by atoms with E-state index in [-0.39, 0.29) is 11.9 Å². The Morgan fingerprint density at radius 1 is 1.00 bits per heavy atom. The maximum Gasteiger partial charge on any atom is 0.226 e. The largest absolute Gasteiger partial charge is 0.497 e. The van der Waals surface area contributed by atoms with Gasteiger partial charge in [0, 0.05) is 17.8 Å². The third-order valence-electron chi connectivity index (χ3n) is 5.24. The van der Waals surface area contributed by atoms with Crippen molar-refractivity contribution in [3.63, 3.8) is 0 Å². The summed E-state index contributed by atoms with van der Waals surface area (Å²) in [4.78, 5) is 21.5. The summed E-state index contributed by atoms with van der Waals surface area (Å²) in [5, 5.41) is 10.4. The molecule has 0 bridgehead atoms. The number of methoxy groups -OCH3 is 3. The van der Waals surface area contributed by atoms with Crippen LogP contribution in [0.1, 0.15) is 23.7 Å². The van der Waals surface area contributed by atoms with Crippen molar-refractivity contribution >= 4 is 22.8 Å². The van der Waals surface area contributed by atoms with Gasteiger partial charge in [0.25, 0.3) is 0 Å². The minimum absolute atomic E-state index is 0.0849. The molecule has 3 N–H and O–H groups in total. The highest BCUT2D eigenvalue weighted by molar-refractivity contribution is 5.83. The molecule has 162 valence electrons. The van der Waals surface area contributed by atoms with Crippen molar-refractivity contribution in [2.45, 2.75) is 25.7 Å². The lowest BCUT2D eigenvalue weighted by Crippen LogP contribution is -2.56. The molecule has 2 atom stereocenters. The van der Waals surface area contributed by atoms with Gasteiger partial charge in [0.05, 0.1) is 32.5 Å². The number of aryl methyl sites for hydroxylation is 1. The van der Waals surface area contributed by atoms with Gasteiger partial charge in [-0.3, -0.25) is 10.1 Å². The highest BCUT2D eigenvalue weighted by Crippen LogP contribution is 2.32. The topological polar surface area (TPSA) is 107 Å². The molecule has 9 heteroatoms. The van der Waals surface area contributed by atoms with E-state index >= 15 is 0 Å². The predicted octanol–water partition coefficient (Wildman–Crippen LogP) is 2.51. The summed E-state index contributed by atoms with van der Waals surface area (Å²) in [6.07, 6.45) is -0.236. The molecule has 0 saturated carbocycles. The van der Waals surface area contributed by atoms with Crippen molar-refractivity contribution < 1.29 is 19.0 Å². The Morgan fingerprint density at radius 2 is 1.81 bits per heavy atom. The first-order chi connectivity index (χ1) is 15.0. The molecule has 0 aliphatic carbocycles. The van der Waals surface area contributed by atoms with Crippen LogP contribution >= 0.6 is 0 Å². The first-order valence-corrected chi connectivity index (χ1v) is 9.87. The molecule has 31 heavy (non-hydrogen) atoms. The summed E-state index contributed by atoms with van der Waals surface area (Å²) in [5.74, 6) is 2.33. The molecular weight excluding hydrogens is 398 g/mol. The zero-order chi connectivity index (χ0) is 22.0. The highest BCUT2D eigenvalue weighted by atomic mass is 16.5. The first-order valence-electron chi connectivity index (χ1n) is 9.87. The third-order valence-corrected chi connectivity index (χ3v) is 5.24. The van der Waals surface area contributed by atoms with Gasteiger partial charge in [0.1, 0.15) is 5.75 Å². The summed E-state index contributed by atoms with van der Waals surface area (Å²) in [6, 6.07) is 11.0. The van der Waals surface area contributed by atoms with Crippen molar-refractivity contribution in [3.8, 4) is 17.2 Å². The summed E-state index contributed by atoms with van der Waals surface area (Å²) < 4.78 is 16.0. The summed E-state index contributed by atoms with van der Waals surface area (Å²) in [5.41, 5.74) is 2.52. The number of hydrogen-bond acceptors (Lipinski definition) is 8. The fourth-order valence-corrected chi connectivity index (χ4v) is 3.65. The maximum atomic E-state index is 12.4. The SMILES string of the molecule is COc1ccc2nc(NC3NC(=O)CC(c4ccc(OC)c(OC)c4)N3)nc(C)c2c1. The van der Waals surface area contributed by atoms with Crippen LogP contribution in [0, 0.1) is 6.92 Å². The minimum Gasteiger partial charge on any atom is -0.497 e. The normalized spacial score (nSPS) is 18.4. The number of nitrogens with one attached hydrogen (secondary N) is 3. The third kappa shape index (κ3) is 4.31. The van der Waals surface area contributed by atoms with E-state index in [9.17, 15) is 4.79 Å². The Balaban J connectivity index is 1.56. The van der Waals surface area contributed by atoms with E-state index < -0.39 is 6.29 Å². The smallest absolute Gasteiger partial charge is 0.226 e. The molecule has 0 spiro atoms. The first kappa shape index (κ1) is 20.7. The number of fused-ring (bicyclic) bond motifs is 1. The number of anilines is 1. The van der Waals surface area contributed by atoms with Gasteiger partial charge in [-0.05, 0) is 42.8 Å². The average Bonchev–Trinajstić information content (AvgIpc) is 2.78. The van der Waals surface area contributed by atoms with Crippen molar-refractivity contribution in [3.05, 3.63) is 47.7 Å². The van der Waals surface area contributed by atoms with Gasteiger partial charge in [-0.25, -0.2) is 9.97 Å². The van der Waals surface area contributed by atoms with Crippen LogP contribution in [0.15, 0.2) is 36.4 Å². The van der Waals surface area contributed by atoms with Crippen LogP contribution in [0.3, 0.4) is 0 Å². The molecule has 3 aromatic rings. The Hall–Kier alpha value is -3.59. The Bertz CT molecular complexity index is 1120. The molecule has 1 aliphatic heterocycles. The molecule has 4 rings (SSSR count). The van der Waals surface area contributed by atoms with Crippen LogP contribution < -0.4 is 30.2 Å². The lowest BCUT2D eigenvalue weighted by Gasteiger charge is -2.32. The number of nitrogens with zero attached hydrogens (tertiary/aromatic N) is 2. The van der Waals surface area contributed by atoms with Crippen molar-refractivity contribution in [2.75, 3.05) is 26.6 Å². The number of benzene rings is 2. The molecule has 1 amide bonds. The van der Waals surface area contributed by atoms with Crippen molar-refractivity contribution in [1.29, 1.82) is 0 Å². The fourth-order valence-electron chi connectivity index (χ4n) is 3.65. The van der Waals surface area contributed by atoms with E-state index in [1.165, 1.54) is 0 Å². The minimum atomic E-state index is -0.533. The second kappa shape index (κ2) is 8.65. The van der Waals surface area contributed by atoms with E-state index in [0.717, 1.165) is 27.9 Å². The molecule has 1 aromatic heterocycles. The van der Waals surface area contributed by atoms with Gasteiger partial charge in [-0.2, -0.15) is 0 Å². The van der Waals surface area contributed by atoms with Crippen LogP contribution in [0.5, 0.6) is 17.2 Å². The number of hydrogen-bond donors (Lipinski definition) is 3. The lowest BCUT2D eigenvalue weighted by molar-refractivity contribution is -0.124. The second-order valence-electron chi connectivity index (χ2n) is 7.20. The van der Waals surface area contributed by atoms with Gasteiger partial charge < -0.3 is 24.8 Å². The number of carbonyl (C=O) groups is 1. The molecule has 0 radical (unpaired) electrons. The molecule has 2 aromatic carbocycles. The predicted molar refractivity (Wildman–Crippen MR) is 116 cm³/mol. The van der Waals surface area contributed by atoms with Gasteiger partial charge in [-0.1, -0.05) is 6.07 Å². The number of amides is 1. The van der Waals surface area contributed by atoms with Crippen LogP contribution in [-0.4, -0.2) is 43.5 Å². The van der Waals surface area contributed by atoms with Gasteiger partial charge in [0.15, 0.2) is 17.8 Å². The molecule has 2 unspecified atom stereocenters. The molecule has 1 saturated heterocycles. The summed E-state index contributed by atoms with van der Waals surface area (Å²) in [7, 11) is 4.80. The highest BCUT2D eigenvalue weighted by Gasteiger charge is 2.28. The lowest BCUT2D eigenvalue weighted by atomic mass is 10.0. The van der Waals surface area contributed by atoms with Gasteiger partial charge in [0.2, 0.25) is 11.9 Å². The van der Waals surface area contributed by atoms with Crippen molar-refractivity contribution in [2.24, 2.45) is 0 Å². The van der Waals surface area contributed by atoms with E-state index in [2.05, 4.69) is 25.9 Å². The molecule has 2 heterocycles. The zero-order valence-corrected chi connectivity index (χ0v) is 17.9. The summed E-state index contributed by atoms with van der Waals surface area (Å²) in [6.45, 7) is 1.91. The number of ether oxygens (including phenoxy) is 3. The van der Waals surface area contributed by atoms with E-state index in [4.69, 9.17) is 14.2 Å². The number of carbonyl (C=O) groups excluding carboxylic acids is 1. The van der Waals surface area contributed by atoms with Crippen molar-refractivity contribution in [1.82, 2.24) is 20.6 Å². The van der Waals surface area contributed by atoms with E-state index in [1.807, 2.05) is 43.3 Å². The Labute approximate surface area is 180 Å². The maximum absolute atomic E-state index is 12.4. The zero-order valence-electron chi connectivity index (χ0n) is 17.9. The quantitative estimate of drug-likeness (QED) is 0.555. The van der Waals surface area contributed by atoms with Crippen LogP contribution in [-0.2, 0) is 4.79 Å². The Kier molecular flexibility index (Phi) is 5.77. The van der Waals surface area contributed by atoms with Gasteiger partial charge >= 0.3 is 0 Å². The molecule has 9 nitrogen and oxygen atoms in total. The van der Waals surface area contributed by atoms with Crippen LogP contribution in [0.25, 0.3) is 10.9 Å². The monoisotopic (exact) mass is 423 g/mol. The van der Waals surface area contributed by atoms with Gasteiger partial charge in [-0.15, -0.1) is 0 Å². The van der Waals surface area contributed by atoms with Crippen LogP contribution in [0.4, 0.5) is 5.95 Å². The van der Waals surface area contributed by atoms with E-state index in [1.54, 1.807) is 21.3 Å². The van der Waals surface area contributed by atoms with E-state index in [0.29, 0.717) is 23.9 Å². The fraction of sp³-hybridized carbons (Fsp3) is 0.318. The summed E-state index contributed by atoms with van der Waals surface area (Å²) >= 11 is 0. The second-order valence-corrected chi connectivity index (χ2v) is 7.20. The molecular formula is C22H25N5O4. The van der Waals surface area contributed by atoms with Crippen LogP contribution in [0.2, 0.25) is 0 Å².